The summed E-state index contributed by atoms with van der Waals surface area (Å²) in [5.74, 6) is 0. The van der Waals surface area contributed by atoms with Gasteiger partial charge < -0.3 is 27.8 Å². The fourth-order valence-corrected chi connectivity index (χ4v) is 18.3. The van der Waals surface area contributed by atoms with Crippen molar-refractivity contribution in [3.8, 4) is 89.3 Å². The van der Waals surface area contributed by atoms with Crippen molar-refractivity contribution in [1.82, 2.24) is 9.13 Å². The molecule has 23 rings (SSSR count). The van der Waals surface area contributed by atoms with E-state index in [-0.39, 0.29) is 0 Å². The molecule has 0 unspecified atom stereocenters. The zero-order valence-corrected chi connectivity index (χ0v) is 64.0. The zero-order chi connectivity index (χ0) is 77.7. The minimum absolute atomic E-state index is 0.834. The number of benzene rings is 18. The Morgan fingerprint density at radius 2 is 0.636 bits per heavy atom. The van der Waals surface area contributed by atoms with Crippen molar-refractivity contribution in [3.05, 3.63) is 437 Å². The molecule has 0 atom stereocenters. The number of hydrogen-bond acceptors (Lipinski definition) is 4. The van der Waals surface area contributed by atoms with Crippen molar-refractivity contribution in [2.45, 2.75) is 0 Å². The van der Waals surface area contributed by atoms with Crippen LogP contribution in [0.5, 0.6) is 0 Å². The first-order valence-electron chi connectivity index (χ1n) is 40.2. The number of hydrogen-bond donors (Lipinski definition) is 0. The molecule has 0 saturated heterocycles. The fourth-order valence-electron chi connectivity index (χ4n) is 18.3. The Bertz CT molecular complexity index is 7750. The molecule has 6 heteroatoms. The van der Waals surface area contributed by atoms with E-state index in [1.54, 1.807) is 0 Å². The molecule has 19 aromatic carbocycles. The molecule has 6 nitrogen and oxygen atoms in total. The van der Waals surface area contributed by atoms with Gasteiger partial charge in [-0.05, 0) is 200 Å². The molecule has 0 N–H and O–H groups in total. The summed E-state index contributed by atoms with van der Waals surface area (Å²) < 4.78 is 18.4. The monoisotopic (exact) mass is 1500 g/mol. The molecule has 550 valence electrons. The van der Waals surface area contributed by atoms with Crippen molar-refractivity contribution in [3.63, 3.8) is 0 Å². The summed E-state index contributed by atoms with van der Waals surface area (Å²) in [5.41, 5.74) is 31.8. The van der Waals surface area contributed by atoms with Gasteiger partial charge in [-0.3, -0.25) is 0 Å². The topological polar surface area (TPSA) is 42.6 Å². The molecule has 0 spiro atoms. The van der Waals surface area contributed by atoms with Crippen LogP contribution in [-0.2, 0) is 0 Å². The van der Waals surface area contributed by atoms with Gasteiger partial charge in [0.15, 0.2) is 0 Å². The Balaban J connectivity index is 0.578. The summed E-state index contributed by atoms with van der Waals surface area (Å²) in [4.78, 5) is 4.75. The lowest BCUT2D eigenvalue weighted by atomic mass is 9.95. The number of nitrogens with zero attached hydrogens (tertiary/aromatic N) is 4. The van der Waals surface area contributed by atoms with E-state index in [2.05, 4.69) is 438 Å². The van der Waals surface area contributed by atoms with Crippen molar-refractivity contribution < 1.29 is 8.83 Å². The lowest BCUT2D eigenvalue weighted by Gasteiger charge is -2.28. The molecule has 118 heavy (non-hydrogen) atoms. The largest absolute Gasteiger partial charge is 0.455 e. The summed E-state index contributed by atoms with van der Waals surface area (Å²) in [7, 11) is 0. The number of anilines is 6. The van der Waals surface area contributed by atoms with Crippen LogP contribution in [0, 0.1) is 12.1 Å². The second kappa shape index (κ2) is 28.0. The highest BCUT2D eigenvalue weighted by Gasteiger charge is 2.25. The quantitative estimate of drug-likeness (QED) is 0.103. The van der Waals surface area contributed by atoms with Gasteiger partial charge in [-0.1, -0.05) is 297 Å². The molecule has 0 radical (unpaired) electrons. The molecular weight excluding hydrogens is 1430 g/mol. The van der Waals surface area contributed by atoms with Gasteiger partial charge in [0.25, 0.3) is 0 Å². The maximum Gasteiger partial charge on any atom is 0.143 e. The SMILES string of the molecule is c1ccc2c3ccccc3n(-c3ccccc3-c3ccc(N(c4ccc(-c5cccc6c5oc5cccc(-c7cccc(-c8ccc(N(c9ccc(-c%10ccccc%10-n%10c%11ccccc%11c%11ccccc%11%10)cc9)c9ccc(-c%10cccc%11c%10oc%10ccccc%10%11)cc9)cc8)c7)c56)cc4)c4ccccc4-c4ccc5ccccc5c4)cc3)c2c#1. The molecule has 0 aliphatic heterocycles. The second-order valence-corrected chi connectivity index (χ2v) is 30.4. The van der Waals surface area contributed by atoms with Crippen LogP contribution in [0.1, 0.15) is 0 Å². The highest BCUT2D eigenvalue weighted by molar-refractivity contribution is 6.17. The van der Waals surface area contributed by atoms with Crippen LogP contribution >= 0.6 is 0 Å². The molecule has 4 heterocycles. The van der Waals surface area contributed by atoms with Crippen LogP contribution in [0.3, 0.4) is 0 Å². The summed E-state index contributed by atoms with van der Waals surface area (Å²) in [6.07, 6.45) is 0. The first-order chi connectivity index (χ1) is 58.5. The molecule has 0 bridgehead atoms. The normalized spacial score (nSPS) is 11.7. The average Bonchev–Trinajstić information content (AvgIpc) is 1.59. The van der Waals surface area contributed by atoms with Gasteiger partial charge in [0, 0.05) is 99.3 Å². The first kappa shape index (κ1) is 67.7. The Kier molecular flexibility index (Phi) is 16.1. The number of para-hydroxylation sites is 9. The summed E-state index contributed by atoms with van der Waals surface area (Å²) >= 11 is 0. The van der Waals surface area contributed by atoms with E-state index >= 15 is 0 Å². The van der Waals surface area contributed by atoms with Crippen LogP contribution in [0.4, 0.5) is 34.1 Å². The van der Waals surface area contributed by atoms with Crippen molar-refractivity contribution >= 4 is 132 Å². The third-order valence-corrected chi connectivity index (χ3v) is 23.8. The predicted molar refractivity (Wildman–Crippen MR) is 492 cm³/mol. The second-order valence-electron chi connectivity index (χ2n) is 30.4. The third-order valence-electron chi connectivity index (χ3n) is 23.8. The number of rotatable bonds is 15. The van der Waals surface area contributed by atoms with E-state index in [9.17, 15) is 0 Å². The third kappa shape index (κ3) is 11.4. The predicted octanol–water partition coefficient (Wildman–Crippen LogP) is 31.0. The number of aromatic nitrogens is 2. The fraction of sp³-hybridized carbons (Fsp3) is 0. The van der Waals surface area contributed by atoms with Crippen LogP contribution in [0.25, 0.3) is 188 Å². The van der Waals surface area contributed by atoms with E-state index in [0.717, 1.165) is 184 Å². The van der Waals surface area contributed by atoms with Gasteiger partial charge in [-0.15, -0.1) is 0 Å². The average molecular weight is 1500 g/mol. The molecule has 0 fully saturated rings. The molecule has 23 aromatic rings. The van der Waals surface area contributed by atoms with Crippen LogP contribution in [-0.4, -0.2) is 9.13 Å². The highest BCUT2D eigenvalue weighted by atomic mass is 16.3. The van der Waals surface area contributed by atoms with E-state index in [1.807, 2.05) is 18.2 Å². The smallest absolute Gasteiger partial charge is 0.143 e. The van der Waals surface area contributed by atoms with E-state index in [1.165, 1.54) is 38.0 Å². The Morgan fingerprint density at radius 3 is 1.27 bits per heavy atom. The number of furan rings is 2. The maximum absolute atomic E-state index is 7.07. The minimum atomic E-state index is 0.834. The van der Waals surface area contributed by atoms with Crippen molar-refractivity contribution in [2.75, 3.05) is 9.80 Å². The van der Waals surface area contributed by atoms with E-state index in [4.69, 9.17) is 8.83 Å². The summed E-state index contributed by atoms with van der Waals surface area (Å²) in [6, 6.07) is 160. The van der Waals surface area contributed by atoms with Gasteiger partial charge >= 0.3 is 0 Å². The maximum atomic E-state index is 7.07. The van der Waals surface area contributed by atoms with Crippen LogP contribution in [0.2, 0.25) is 0 Å². The zero-order valence-electron chi connectivity index (χ0n) is 64.0. The lowest BCUT2D eigenvalue weighted by molar-refractivity contribution is 0.669. The van der Waals surface area contributed by atoms with Crippen molar-refractivity contribution in [2.24, 2.45) is 0 Å². The van der Waals surface area contributed by atoms with Gasteiger partial charge in [0.2, 0.25) is 0 Å². The molecule has 0 aliphatic carbocycles. The van der Waals surface area contributed by atoms with E-state index < -0.39 is 0 Å². The first-order valence-corrected chi connectivity index (χ1v) is 40.2. The minimum Gasteiger partial charge on any atom is -0.455 e. The number of fused-ring (bicyclic) bond motifs is 13. The molecule has 4 aromatic heterocycles. The molecule has 0 amide bonds. The summed E-state index contributed by atoms with van der Waals surface area (Å²) in [6.45, 7) is 0. The van der Waals surface area contributed by atoms with Crippen molar-refractivity contribution in [1.29, 1.82) is 0 Å². The Hall–Kier alpha value is -15.9. The van der Waals surface area contributed by atoms with Gasteiger partial charge in [0.05, 0.1) is 33.6 Å². The van der Waals surface area contributed by atoms with Crippen LogP contribution in [0.15, 0.2) is 433 Å². The summed E-state index contributed by atoms with van der Waals surface area (Å²) in [5, 5.41) is 11.6. The highest BCUT2D eigenvalue weighted by Crippen LogP contribution is 2.48. The lowest BCUT2D eigenvalue weighted by Crippen LogP contribution is -2.11. The van der Waals surface area contributed by atoms with E-state index in [0.29, 0.717) is 0 Å². The Labute approximate surface area is 681 Å². The molecule has 0 saturated carbocycles. The standard InChI is InChI=1S/C112H70N4O2/c1-2-24-79-72-82(50-49-73(79)23-1)90-29-5-11-40-101(90)114(86-67-55-76(56-68-86)89-28-4-13-42-103(89)116-106-45-16-8-32-96(106)97-33-9-17-46-107(97)116)87-69-59-78(60-70-87)93-37-21-39-100-110-91(35-22-48-109(110)118-112(93)100)81-26-19-25-80(71-81)74-51-61-83(62-52-74)113(85-65-57-77(58-66-85)92-36-20-38-99-98-34-10-18-47-108(98)117-111(92)99)84-63-53-75(54-64-84)88-27-3-12-41-102(88)115-104-43-14-6-30-94(104)95-31-7-15-44-105(95)115/h1-16,18-45,47-72H. The Morgan fingerprint density at radius 1 is 0.229 bits per heavy atom. The van der Waals surface area contributed by atoms with Gasteiger partial charge in [-0.25, -0.2) is 0 Å². The van der Waals surface area contributed by atoms with Gasteiger partial charge in [0.1, 0.15) is 27.8 Å². The van der Waals surface area contributed by atoms with Gasteiger partial charge in [-0.2, -0.15) is 0 Å². The van der Waals surface area contributed by atoms with Crippen LogP contribution < -0.4 is 9.80 Å². The molecular formula is C112H70N4O2. The molecule has 0 aliphatic rings.